The number of carboxylic acid groups (broad SMARTS) is 1. The smallest absolute Gasteiger partial charge is 0.338 e. The van der Waals surface area contributed by atoms with Gasteiger partial charge in [-0.25, -0.2) is 13.2 Å². The van der Waals surface area contributed by atoms with Gasteiger partial charge in [-0.1, -0.05) is 11.6 Å². The van der Waals surface area contributed by atoms with Crippen LogP contribution in [0.2, 0.25) is 5.02 Å². The van der Waals surface area contributed by atoms with Gasteiger partial charge in [-0.15, -0.1) is 0 Å². The largest absolute Gasteiger partial charge is 0.497 e. The van der Waals surface area contributed by atoms with E-state index in [1.807, 2.05) is 0 Å². The summed E-state index contributed by atoms with van der Waals surface area (Å²) in [7, 11) is -1.38. The molecule has 0 spiro atoms. The van der Waals surface area contributed by atoms with Crippen molar-refractivity contribution in [3.05, 3.63) is 47.0 Å². The van der Waals surface area contributed by atoms with Crippen molar-refractivity contribution in [2.24, 2.45) is 0 Å². The van der Waals surface area contributed by atoms with Gasteiger partial charge in [-0.05, 0) is 30.3 Å². The number of nitrogens with one attached hydrogen (secondary N) is 1. The van der Waals surface area contributed by atoms with Gasteiger partial charge in [-0.2, -0.15) is 0 Å². The Labute approximate surface area is 143 Å². The Morgan fingerprint density at radius 3 is 2.25 bits per heavy atom. The summed E-state index contributed by atoms with van der Waals surface area (Å²) in [6.07, 6.45) is 0. The summed E-state index contributed by atoms with van der Waals surface area (Å²) >= 11 is 5.74. The van der Waals surface area contributed by atoms with Gasteiger partial charge in [0.25, 0.3) is 10.0 Å². The molecule has 2 N–H and O–H groups in total. The van der Waals surface area contributed by atoms with E-state index < -0.39 is 16.0 Å². The normalized spacial score (nSPS) is 11.0. The molecule has 24 heavy (non-hydrogen) atoms. The van der Waals surface area contributed by atoms with Crippen LogP contribution in [0.5, 0.6) is 11.5 Å². The van der Waals surface area contributed by atoms with Crippen LogP contribution in [0.1, 0.15) is 10.4 Å². The van der Waals surface area contributed by atoms with Gasteiger partial charge in [0.15, 0.2) is 0 Å². The minimum absolute atomic E-state index is 0.0179. The molecule has 9 heteroatoms. The minimum atomic E-state index is -4.03. The van der Waals surface area contributed by atoms with Gasteiger partial charge in [0.2, 0.25) is 0 Å². The maximum absolute atomic E-state index is 12.5. The highest BCUT2D eigenvalue weighted by atomic mass is 35.5. The fraction of sp³-hybridized carbons (Fsp3) is 0.133. The number of rotatable bonds is 6. The molecule has 0 aliphatic rings. The second-order valence-electron chi connectivity index (χ2n) is 4.62. The lowest BCUT2D eigenvalue weighted by atomic mass is 10.1. The predicted octanol–water partition coefficient (Wildman–Crippen LogP) is 2.86. The van der Waals surface area contributed by atoms with Crippen LogP contribution in [0.15, 0.2) is 41.3 Å². The number of aromatic carboxylic acids is 1. The standard InChI is InChI=1S/C15H14ClNO6S/c1-22-10-7-12(15(18)19)14(13(8-10)23-2)17-24(20,21)11-5-3-9(16)4-6-11/h3-8,17H,1-2H3,(H,18,19). The Balaban J connectivity index is 2.55. The molecule has 0 radical (unpaired) electrons. The molecule has 0 bridgehead atoms. The number of hydrogen-bond donors (Lipinski definition) is 2. The van der Waals surface area contributed by atoms with Crippen molar-refractivity contribution in [1.29, 1.82) is 0 Å². The first-order valence-corrected chi connectivity index (χ1v) is 8.42. The molecule has 0 unspecified atom stereocenters. The fourth-order valence-electron chi connectivity index (χ4n) is 1.95. The van der Waals surface area contributed by atoms with Crippen molar-refractivity contribution in [3.63, 3.8) is 0 Å². The van der Waals surface area contributed by atoms with Crippen molar-refractivity contribution >= 4 is 33.3 Å². The summed E-state index contributed by atoms with van der Waals surface area (Å²) in [5.41, 5.74) is -0.496. The lowest BCUT2D eigenvalue weighted by Crippen LogP contribution is -2.16. The van der Waals surface area contributed by atoms with Gasteiger partial charge >= 0.3 is 5.97 Å². The van der Waals surface area contributed by atoms with E-state index in [-0.39, 0.29) is 27.6 Å². The summed E-state index contributed by atoms with van der Waals surface area (Å²) in [6, 6.07) is 8.03. The van der Waals surface area contributed by atoms with Gasteiger partial charge in [0.1, 0.15) is 17.2 Å². The number of methoxy groups -OCH3 is 2. The molecule has 0 fully saturated rings. The van der Waals surface area contributed by atoms with E-state index in [1.54, 1.807) is 0 Å². The van der Waals surface area contributed by atoms with Crippen molar-refractivity contribution in [2.75, 3.05) is 18.9 Å². The predicted molar refractivity (Wildman–Crippen MR) is 88.8 cm³/mol. The van der Waals surface area contributed by atoms with Gasteiger partial charge in [0, 0.05) is 11.1 Å². The number of hydrogen-bond acceptors (Lipinski definition) is 5. The van der Waals surface area contributed by atoms with E-state index in [1.165, 1.54) is 50.6 Å². The van der Waals surface area contributed by atoms with Crippen LogP contribution < -0.4 is 14.2 Å². The van der Waals surface area contributed by atoms with Crippen LogP contribution in [0.25, 0.3) is 0 Å². The van der Waals surface area contributed by atoms with E-state index in [9.17, 15) is 18.3 Å². The molecule has 0 saturated heterocycles. The van der Waals surface area contributed by atoms with Crippen LogP contribution in [0.3, 0.4) is 0 Å². The lowest BCUT2D eigenvalue weighted by Gasteiger charge is -2.15. The first-order valence-electron chi connectivity index (χ1n) is 6.56. The molecule has 2 rings (SSSR count). The zero-order valence-electron chi connectivity index (χ0n) is 12.7. The highest BCUT2D eigenvalue weighted by Gasteiger charge is 2.23. The highest BCUT2D eigenvalue weighted by Crippen LogP contribution is 2.35. The number of benzene rings is 2. The molecule has 2 aromatic carbocycles. The second kappa shape index (κ2) is 6.98. The van der Waals surface area contributed by atoms with Crippen LogP contribution in [0, 0.1) is 0 Å². The zero-order chi connectivity index (χ0) is 17.9. The lowest BCUT2D eigenvalue weighted by molar-refractivity contribution is 0.0697. The topological polar surface area (TPSA) is 102 Å². The van der Waals surface area contributed by atoms with E-state index in [0.29, 0.717) is 5.02 Å². The average molecular weight is 372 g/mol. The van der Waals surface area contributed by atoms with E-state index in [0.717, 1.165) is 0 Å². The summed E-state index contributed by atoms with van der Waals surface area (Å²) in [5, 5.41) is 9.72. The quantitative estimate of drug-likeness (QED) is 0.809. The first-order chi connectivity index (χ1) is 11.3. The summed E-state index contributed by atoms with van der Waals surface area (Å²) in [5.74, 6) is -1.09. The third-order valence-electron chi connectivity index (χ3n) is 3.12. The molecule has 0 aromatic heterocycles. The highest BCUT2D eigenvalue weighted by molar-refractivity contribution is 7.92. The van der Waals surface area contributed by atoms with E-state index in [2.05, 4.69) is 4.72 Å². The molecule has 0 heterocycles. The summed E-state index contributed by atoms with van der Waals surface area (Å²) < 4.78 is 37.3. The maximum atomic E-state index is 12.5. The molecule has 0 atom stereocenters. The zero-order valence-corrected chi connectivity index (χ0v) is 14.3. The van der Waals surface area contributed by atoms with Gasteiger partial charge in [0.05, 0.1) is 24.7 Å². The number of anilines is 1. The Morgan fingerprint density at radius 2 is 1.75 bits per heavy atom. The third-order valence-corrected chi connectivity index (χ3v) is 4.74. The number of carbonyl (C=O) groups is 1. The van der Waals surface area contributed by atoms with Crippen LogP contribution in [-0.2, 0) is 10.0 Å². The molecule has 0 amide bonds. The molecular formula is C15H14ClNO6S. The van der Waals surface area contributed by atoms with E-state index >= 15 is 0 Å². The molecule has 7 nitrogen and oxygen atoms in total. The van der Waals surface area contributed by atoms with Crippen LogP contribution in [0.4, 0.5) is 5.69 Å². The van der Waals surface area contributed by atoms with Crippen LogP contribution in [-0.4, -0.2) is 33.7 Å². The van der Waals surface area contributed by atoms with Crippen molar-refractivity contribution in [3.8, 4) is 11.5 Å². The minimum Gasteiger partial charge on any atom is -0.497 e. The van der Waals surface area contributed by atoms with Gasteiger partial charge in [-0.3, -0.25) is 4.72 Å². The van der Waals surface area contributed by atoms with Crippen molar-refractivity contribution in [1.82, 2.24) is 0 Å². The Bertz CT molecular complexity index is 864. The molecule has 0 saturated carbocycles. The maximum Gasteiger partial charge on any atom is 0.338 e. The molecule has 0 aliphatic heterocycles. The van der Waals surface area contributed by atoms with Crippen LogP contribution >= 0.6 is 11.6 Å². The monoisotopic (exact) mass is 371 g/mol. The SMILES string of the molecule is COc1cc(OC)c(NS(=O)(=O)c2ccc(Cl)cc2)c(C(=O)O)c1. The first kappa shape index (κ1) is 17.9. The van der Waals surface area contributed by atoms with Crippen molar-refractivity contribution in [2.45, 2.75) is 4.90 Å². The van der Waals surface area contributed by atoms with Gasteiger partial charge < -0.3 is 14.6 Å². The Morgan fingerprint density at radius 1 is 1.12 bits per heavy atom. The third kappa shape index (κ3) is 3.72. The Kier molecular flexibility index (Phi) is 5.20. The van der Waals surface area contributed by atoms with Crippen molar-refractivity contribution < 1.29 is 27.8 Å². The fourth-order valence-corrected chi connectivity index (χ4v) is 3.17. The van der Waals surface area contributed by atoms with E-state index in [4.69, 9.17) is 21.1 Å². The second-order valence-corrected chi connectivity index (χ2v) is 6.74. The molecule has 0 aliphatic carbocycles. The number of halogens is 1. The average Bonchev–Trinajstić information content (AvgIpc) is 2.54. The Hall–Kier alpha value is -2.45. The number of carboxylic acids is 1. The summed E-state index contributed by atoms with van der Waals surface area (Å²) in [4.78, 5) is 11.4. The number of ether oxygens (including phenoxy) is 2. The summed E-state index contributed by atoms with van der Waals surface area (Å²) in [6.45, 7) is 0. The number of sulfonamides is 1. The molecule has 128 valence electrons. The molecular weight excluding hydrogens is 358 g/mol. The molecule has 2 aromatic rings.